The summed E-state index contributed by atoms with van der Waals surface area (Å²) in [4.78, 5) is 13.1. The summed E-state index contributed by atoms with van der Waals surface area (Å²) in [5, 5.41) is 9.62. The van der Waals surface area contributed by atoms with E-state index in [1.54, 1.807) is 11.3 Å². The van der Waals surface area contributed by atoms with Crippen LogP contribution < -0.4 is 10.6 Å². The highest BCUT2D eigenvalue weighted by Gasteiger charge is 2.11. The van der Waals surface area contributed by atoms with Crippen LogP contribution >= 0.6 is 11.3 Å². The molecule has 5 nitrogen and oxygen atoms in total. The van der Waals surface area contributed by atoms with E-state index >= 15 is 0 Å². The molecule has 2 rings (SSSR count). The molecule has 2 aromatic rings. The molecule has 0 spiro atoms. The van der Waals surface area contributed by atoms with Crippen molar-refractivity contribution in [3.8, 4) is 0 Å². The molecule has 102 valence electrons. The van der Waals surface area contributed by atoms with Gasteiger partial charge in [-0.15, -0.1) is 11.3 Å². The summed E-state index contributed by atoms with van der Waals surface area (Å²) in [6, 6.07) is 0.146. The molecule has 1 atom stereocenters. The average Bonchev–Trinajstić information content (AvgIpc) is 2.93. The van der Waals surface area contributed by atoms with Crippen molar-refractivity contribution in [2.45, 2.75) is 33.2 Å². The van der Waals surface area contributed by atoms with Gasteiger partial charge in [0.15, 0.2) is 0 Å². The van der Waals surface area contributed by atoms with Gasteiger partial charge in [-0.05, 0) is 20.3 Å². The van der Waals surface area contributed by atoms with Crippen LogP contribution in [0.3, 0.4) is 0 Å². The maximum Gasteiger partial charge on any atom is 0.224 e. The van der Waals surface area contributed by atoms with Crippen molar-refractivity contribution in [2.75, 3.05) is 17.2 Å². The molecule has 0 amide bonds. The Labute approximate surface area is 117 Å². The van der Waals surface area contributed by atoms with Crippen LogP contribution in [0.4, 0.5) is 11.8 Å². The van der Waals surface area contributed by atoms with Crippen molar-refractivity contribution in [1.29, 1.82) is 0 Å². The van der Waals surface area contributed by atoms with E-state index in [1.165, 1.54) is 0 Å². The van der Waals surface area contributed by atoms with Gasteiger partial charge in [-0.25, -0.2) is 9.97 Å². The smallest absolute Gasteiger partial charge is 0.224 e. The Kier molecular flexibility index (Phi) is 4.68. The third-order valence-corrected chi connectivity index (χ3v) is 3.64. The Hall–Kier alpha value is -1.69. The highest BCUT2D eigenvalue weighted by atomic mass is 32.1. The van der Waals surface area contributed by atoms with Crippen LogP contribution in [0.5, 0.6) is 0 Å². The fraction of sp³-hybridized carbons (Fsp3) is 0.462. The van der Waals surface area contributed by atoms with Crippen LogP contribution in [0.25, 0.3) is 0 Å². The second-order valence-corrected chi connectivity index (χ2v) is 5.31. The summed E-state index contributed by atoms with van der Waals surface area (Å²) < 4.78 is 0. The standard InChI is InChI=1S/C13H19N5S/c1-4-5-15-13-16-8-9(2)11(18-13)17-10(3)12-14-6-7-19-12/h6-8,10H,4-5H2,1-3H3,(H2,15,16,17,18). The Morgan fingerprint density at radius 2 is 2.21 bits per heavy atom. The Morgan fingerprint density at radius 3 is 2.89 bits per heavy atom. The Morgan fingerprint density at radius 1 is 1.37 bits per heavy atom. The fourth-order valence-electron chi connectivity index (χ4n) is 1.63. The van der Waals surface area contributed by atoms with Gasteiger partial charge in [-0.2, -0.15) is 4.98 Å². The maximum absolute atomic E-state index is 4.50. The number of aryl methyl sites for hydroxylation is 1. The van der Waals surface area contributed by atoms with Gasteiger partial charge in [-0.1, -0.05) is 6.92 Å². The van der Waals surface area contributed by atoms with Gasteiger partial charge in [0.2, 0.25) is 5.95 Å². The van der Waals surface area contributed by atoms with Gasteiger partial charge in [0.05, 0.1) is 6.04 Å². The number of hydrogen-bond acceptors (Lipinski definition) is 6. The number of hydrogen-bond donors (Lipinski definition) is 2. The second kappa shape index (κ2) is 6.47. The lowest BCUT2D eigenvalue weighted by Gasteiger charge is -2.14. The van der Waals surface area contributed by atoms with E-state index in [0.29, 0.717) is 5.95 Å². The predicted octanol–water partition coefficient (Wildman–Crippen LogP) is 3.24. The molecule has 0 radical (unpaired) electrons. The first-order valence-electron chi connectivity index (χ1n) is 6.44. The van der Waals surface area contributed by atoms with Gasteiger partial charge in [-0.3, -0.25) is 0 Å². The van der Waals surface area contributed by atoms with Gasteiger partial charge in [0.1, 0.15) is 10.8 Å². The molecule has 0 aliphatic heterocycles. The molecule has 19 heavy (non-hydrogen) atoms. The van der Waals surface area contributed by atoms with E-state index in [-0.39, 0.29) is 6.04 Å². The van der Waals surface area contributed by atoms with E-state index < -0.39 is 0 Å². The van der Waals surface area contributed by atoms with Crippen LogP contribution in [-0.4, -0.2) is 21.5 Å². The van der Waals surface area contributed by atoms with Crippen molar-refractivity contribution in [3.63, 3.8) is 0 Å². The van der Waals surface area contributed by atoms with Gasteiger partial charge < -0.3 is 10.6 Å². The summed E-state index contributed by atoms with van der Waals surface area (Å²) in [7, 11) is 0. The van der Waals surface area contributed by atoms with Gasteiger partial charge >= 0.3 is 0 Å². The molecule has 0 saturated carbocycles. The molecule has 0 saturated heterocycles. The molecule has 6 heteroatoms. The third kappa shape index (κ3) is 3.64. The van der Waals surface area contributed by atoms with Gasteiger partial charge in [0.25, 0.3) is 0 Å². The first kappa shape index (κ1) is 13.7. The highest BCUT2D eigenvalue weighted by Crippen LogP contribution is 2.22. The fourth-order valence-corrected chi connectivity index (χ4v) is 2.27. The highest BCUT2D eigenvalue weighted by molar-refractivity contribution is 7.09. The minimum Gasteiger partial charge on any atom is -0.361 e. The number of aromatic nitrogens is 3. The molecular formula is C13H19N5S. The summed E-state index contributed by atoms with van der Waals surface area (Å²) in [6.45, 7) is 7.08. The van der Waals surface area contributed by atoms with E-state index in [4.69, 9.17) is 0 Å². The first-order chi connectivity index (χ1) is 9.20. The topological polar surface area (TPSA) is 62.7 Å². The van der Waals surface area contributed by atoms with E-state index in [0.717, 1.165) is 29.4 Å². The third-order valence-electron chi connectivity index (χ3n) is 2.68. The molecule has 1 unspecified atom stereocenters. The minimum absolute atomic E-state index is 0.146. The quantitative estimate of drug-likeness (QED) is 0.848. The SMILES string of the molecule is CCCNc1ncc(C)c(NC(C)c2nccs2)n1. The van der Waals surface area contributed by atoms with Crippen molar-refractivity contribution >= 4 is 23.1 Å². The zero-order valence-electron chi connectivity index (χ0n) is 11.5. The average molecular weight is 277 g/mol. The van der Waals surface area contributed by atoms with Crippen molar-refractivity contribution in [2.24, 2.45) is 0 Å². The van der Waals surface area contributed by atoms with E-state index in [9.17, 15) is 0 Å². The Balaban J connectivity index is 2.10. The van der Waals surface area contributed by atoms with E-state index in [2.05, 4.69) is 39.4 Å². The molecule has 0 aromatic carbocycles. The summed E-state index contributed by atoms with van der Waals surface area (Å²) >= 11 is 1.64. The molecule has 2 heterocycles. The van der Waals surface area contributed by atoms with Crippen LogP contribution in [0.2, 0.25) is 0 Å². The number of thiazole rings is 1. The van der Waals surface area contributed by atoms with Crippen LogP contribution in [0, 0.1) is 6.92 Å². The summed E-state index contributed by atoms with van der Waals surface area (Å²) in [5.74, 6) is 1.53. The summed E-state index contributed by atoms with van der Waals surface area (Å²) in [5.41, 5.74) is 1.03. The molecule has 0 aliphatic carbocycles. The normalized spacial score (nSPS) is 12.2. The van der Waals surface area contributed by atoms with Crippen molar-refractivity contribution in [3.05, 3.63) is 28.3 Å². The van der Waals surface area contributed by atoms with Crippen LogP contribution in [0.15, 0.2) is 17.8 Å². The number of nitrogens with one attached hydrogen (secondary N) is 2. The summed E-state index contributed by atoms with van der Waals surface area (Å²) in [6.07, 6.45) is 4.71. The molecule has 0 aliphatic rings. The number of rotatable bonds is 6. The monoisotopic (exact) mass is 277 g/mol. The zero-order valence-corrected chi connectivity index (χ0v) is 12.3. The molecule has 0 fully saturated rings. The molecule has 0 bridgehead atoms. The predicted molar refractivity (Wildman–Crippen MR) is 79.7 cm³/mol. The van der Waals surface area contributed by atoms with Crippen molar-refractivity contribution < 1.29 is 0 Å². The minimum atomic E-state index is 0.146. The lowest BCUT2D eigenvalue weighted by atomic mass is 10.3. The lowest BCUT2D eigenvalue weighted by molar-refractivity contribution is 0.853. The molecule has 2 N–H and O–H groups in total. The van der Waals surface area contributed by atoms with Crippen LogP contribution in [-0.2, 0) is 0 Å². The zero-order chi connectivity index (χ0) is 13.7. The lowest BCUT2D eigenvalue weighted by Crippen LogP contribution is -2.11. The number of anilines is 2. The first-order valence-corrected chi connectivity index (χ1v) is 7.32. The van der Waals surface area contributed by atoms with Gasteiger partial charge in [0, 0.05) is 29.9 Å². The molecule has 2 aromatic heterocycles. The van der Waals surface area contributed by atoms with E-state index in [1.807, 2.05) is 24.7 Å². The second-order valence-electron chi connectivity index (χ2n) is 4.39. The van der Waals surface area contributed by atoms with Crippen molar-refractivity contribution in [1.82, 2.24) is 15.0 Å². The largest absolute Gasteiger partial charge is 0.361 e. The number of nitrogens with zero attached hydrogens (tertiary/aromatic N) is 3. The van der Waals surface area contributed by atoms with Crippen LogP contribution in [0.1, 0.15) is 36.9 Å². The Bertz CT molecular complexity index is 512. The maximum atomic E-state index is 4.50. The molecular weight excluding hydrogens is 258 g/mol.